The Bertz CT molecular complexity index is 1240. The van der Waals surface area contributed by atoms with Crippen LogP contribution in [-0.2, 0) is 10.0 Å². The van der Waals surface area contributed by atoms with Gasteiger partial charge in [-0.05, 0) is 62.4 Å². The Balaban J connectivity index is 1.66. The molecule has 0 aromatic heterocycles. The molecule has 1 amide bonds. The fraction of sp³-hybridized carbons (Fsp3) is 0.167. The van der Waals surface area contributed by atoms with Crippen LogP contribution >= 0.6 is 0 Å². The number of para-hydroxylation sites is 1. The standard InChI is InChI=1S/C24H25N3O5S/c1-4-32-23-19(6-5-7-22(23)31-3)16-25-26-24(28)18-10-12-20(13-11-18)27-33(29,30)21-14-8-17(2)9-15-21/h5-16,27H,4H2,1-3H3,(H,26,28). The van der Waals surface area contributed by atoms with Crippen LogP contribution in [0, 0.1) is 6.92 Å². The summed E-state index contributed by atoms with van der Waals surface area (Å²) in [5, 5.41) is 3.99. The van der Waals surface area contributed by atoms with Crippen molar-refractivity contribution in [1.29, 1.82) is 0 Å². The number of nitrogens with one attached hydrogen (secondary N) is 2. The van der Waals surface area contributed by atoms with Gasteiger partial charge in [-0.15, -0.1) is 0 Å². The van der Waals surface area contributed by atoms with Gasteiger partial charge in [-0.3, -0.25) is 9.52 Å². The Hall–Kier alpha value is -3.85. The maximum absolute atomic E-state index is 12.5. The first-order valence-electron chi connectivity index (χ1n) is 10.2. The first-order chi connectivity index (χ1) is 15.8. The average molecular weight is 468 g/mol. The number of hydrogen-bond donors (Lipinski definition) is 2. The van der Waals surface area contributed by atoms with Crippen molar-refractivity contribution in [3.63, 3.8) is 0 Å². The molecule has 0 bridgehead atoms. The number of hydrazone groups is 1. The molecule has 0 aliphatic heterocycles. The molecule has 3 aromatic rings. The highest BCUT2D eigenvalue weighted by Gasteiger charge is 2.14. The minimum atomic E-state index is -3.72. The smallest absolute Gasteiger partial charge is 0.271 e. The number of aryl methyl sites for hydroxylation is 1. The molecule has 3 rings (SSSR count). The third-order valence-electron chi connectivity index (χ3n) is 4.62. The number of benzene rings is 3. The van der Waals surface area contributed by atoms with Gasteiger partial charge in [0.15, 0.2) is 11.5 Å². The van der Waals surface area contributed by atoms with Crippen LogP contribution in [0.4, 0.5) is 5.69 Å². The molecule has 9 heteroatoms. The molecular weight excluding hydrogens is 442 g/mol. The highest BCUT2D eigenvalue weighted by Crippen LogP contribution is 2.29. The Labute approximate surface area is 193 Å². The highest BCUT2D eigenvalue weighted by molar-refractivity contribution is 7.92. The third-order valence-corrected chi connectivity index (χ3v) is 6.02. The summed E-state index contributed by atoms with van der Waals surface area (Å²) < 4.78 is 38.4. The number of nitrogens with zero attached hydrogens (tertiary/aromatic N) is 1. The molecule has 0 heterocycles. The molecular formula is C24H25N3O5S. The highest BCUT2D eigenvalue weighted by atomic mass is 32.2. The summed E-state index contributed by atoms with van der Waals surface area (Å²) in [5.74, 6) is 0.654. The van der Waals surface area contributed by atoms with E-state index < -0.39 is 15.9 Å². The molecule has 0 unspecified atom stereocenters. The largest absolute Gasteiger partial charge is 0.493 e. The Morgan fingerprint density at radius 1 is 1.03 bits per heavy atom. The van der Waals surface area contributed by atoms with Crippen molar-refractivity contribution in [2.75, 3.05) is 18.4 Å². The van der Waals surface area contributed by atoms with Gasteiger partial charge in [-0.1, -0.05) is 23.8 Å². The van der Waals surface area contributed by atoms with Gasteiger partial charge in [0.2, 0.25) is 0 Å². The van der Waals surface area contributed by atoms with Gasteiger partial charge < -0.3 is 9.47 Å². The lowest BCUT2D eigenvalue weighted by molar-refractivity contribution is 0.0955. The fourth-order valence-electron chi connectivity index (χ4n) is 2.94. The first kappa shape index (κ1) is 23.8. The number of carbonyl (C=O) groups excluding carboxylic acids is 1. The molecule has 2 N–H and O–H groups in total. The number of hydrogen-bond acceptors (Lipinski definition) is 6. The van der Waals surface area contributed by atoms with E-state index >= 15 is 0 Å². The number of amides is 1. The van der Waals surface area contributed by atoms with E-state index in [0.717, 1.165) is 5.56 Å². The third kappa shape index (κ3) is 6.11. The summed E-state index contributed by atoms with van der Waals surface area (Å²) >= 11 is 0. The van der Waals surface area contributed by atoms with Crippen molar-refractivity contribution in [3.05, 3.63) is 83.4 Å². The molecule has 3 aromatic carbocycles. The molecule has 0 radical (unpaired) electrons. The van der Waals surface area contributed by atoms with E-state index in [2.05, 4.69) is 15.2 Å². The monoisotopic (exact) mass is 467 g/mol. The van der Waals surface area contributed by atoms with Crippen LogP contribution in [0.5, 0.6) is 11.5 Å². The molecule has 8 nitrogen and oxygen atoms in total. The Kier molecular flexibility index (Phi) is 7.68. The summed E-state index contributed by atoms with van der Waals surface area (Å²) in [6.45, 7) is 4.19. The molecule has 0 spiro atoms. The minimum absolute atomic E-state index is 0.160. The molecule has 0 saturated heterocycles. The summed E-state index contributed by atoms with van der Waals surface area (Å²) in [7, 11) is -2.17. The Morgan fingerprint density at radius 2 is 1.73 bits per heavy atom. The first-order valence-corrected chi connectivity index (χ1v) is 11.6. The van der Waals surface area contributed by atoms with Crippen LogP contribution in [-0.4, -0.2) is 34.3 Å². The zero-order chi connectivity index (χ0) is 23.8. The van der Waals surface area contributed by atoms with Gasteiger partial charge in [-0.25, -0.2) is 13.8 Å². The topological polar surface area (TPSA) is 106 Å². The van der Waals surface area contributed by atoms with Crippen LogP contribution in [0.2, 0.25) is 0 Å². The van der Waals surface area contributed by atoms with Crippen molar-refractivity contribution in [1.82, 2.24) is 5.43 Å². The lowest BCUT2D eigenvalue weighted by atomic mass is 10.2. The summed E-state index contributed by atoms with van der Waals surface area (Å²) in [6, 6.07) is 17.9. The predicted molar refractivity (Wildman–Crippen MR) is 128 cm³/mol. The van der Waals surface area contributed by atoms with Crippen molar-refractivity contribution < 1.29 is 22.7 Å². The van der Waals surface area contributed by atoms with Crippen molar-refractivity contribution in [2.45, 2.75) is 18.7 Å². The maximum Gasteiger partial charge on any atom is 0.271 e. The summed E-state index contributed by atoms with van der Waals surface area (Å²) in [5.41, 5.74) is 4.73. The zero-order valence-corrected chi connectivity index (χ0v) is 19.3. The van der Waals surface area contributed by atoms with Gasteiger partial charge >= 0.3 is 0 Å². The van der Waals surface area contributed by atoms with Crippen LogP contribution < -0.4 is 19.6 Å². The van der Waals surface area contributed by atoms with Crippen LogP contribution in [0.15, 0.2) is 76.7 Å². The minimum Gasteiger partial charge on any atom is -0.493 e. The SMILES string of the molecule is CCOc1c(C=NNC(=O)c2ccc(NS(=O)(=O)c3ccc(C)cc3)cc2)cccc1OC. The van der Waals surface area contributed by atoms with E-state index in [1.165, 1.54) is 42.6 Å². The Morgan fingerprint density at radius 3 is 2.36 bits per heavy atom. The second kappa shape index (κ2) is 10.6. The number of rotatable bonds is 9. The van der Waals surface area contributed by atoms with E-state index in [-0.39, 0.29) is 4.90 Å². The van der Waals surface area contributed by atoms with E-state index in [9.17, 15) is 13.2 Å². The second-order valence-corrected chi connectivity index (χ2v) is 8.69. The molecule has 33 heavy (non-hydrogen) atoms. The van der Waals surface area contributed by atoms with Crippen molar-refractivity contribution in [3.8, 4) is 11.5 Å². The number of anilines is 1. The van der Waals surface area contributed by atoms with Gasteiger partial charge in [0.1, 0.15) is 0 Å². The van der Waals surface area contributed by atoms with Gasteiger partial charge in [0.05, 0.1) is 24.8 Å². The number of sulfonamides is 1. The average Bonchev–Trinajstić information content (AvgIpc) is 2.80. The molecule has 0 fully saturated rings. The van der Waals surface area contributed by atoms with Gasteiger partial charge in [-0.2, -0.15) is 5.10 Å². The van der Waals surface area contributed by atoms with Crippen LogP contribution in [0.3, 0.4) is 0 Å². The number of ether oxygens (including phenoxy) is 2. The predicted octanol–water partition coefficient (Wildman–Crippen LogP) is 3.97. The molecule has 0 saturated carbocycles. The second-order valence-electron chi connectivity index (χ2n) is 7.01. The number of methoxy groups -OCH3 is 1. The zero-order valence-electron chi connectivity index (χ0n) is 18.5. The van der Waals surface area contributed by atoms with E-state index in [1.54, 1.807) is 37.4 Å². The van der Waals surface area contributed by atoms with E-state index in [1.807, 2.05) is 13.8 Å². The van der Waals surface area contributed by atoms with Crippen molar-refractivity contribution >= 4 is 27.8 Å². The maximum atomic E-state index is 12.5. The van der Waals surface area contributed by atoms with Gasteiger partial charge in [0, 0.05) is 16.8 Å². The van der Waals surface area contributed by atoms with Crippen LogP contribution in [0.25, 0.3) is 0 Å². The quantitative estimate of drug-likeness (QED) is 0.366. The number of carbonyl (C=O) groups is 1. The van der Waals surface area contributed by atoms with Crippen LogP contribution in [0.1, 0.15) is 28.4 Å². The van der Waals surface area contributed by atoms with Gasteiger partial charge in [0.25, 0.3) is 15.9 Å². The van der Waals surface area contributed by atoms with Crippen molar-refractivity contribution in [2.24, 2.45) is 5.10 Å². The van der Waals surface area contributed by atoms with E-state index in [4.69, 9.17) is 9.47 Å². The van der Waals surface area contributed by atoms with E-state index in [0.29, 0.717) is 34.9 Å². The summed E-state index contributed by atoms with van der Waals surface area (Å²) in [4.78, 5) is 12.6. The summed E-state index contributed by atoms with van der Waals surface area (Å²) in [6.07, 6.45) is 1.47. The normalized spacial score (nSPS) is 11.2. The molecule has 172 valence electrons. The lowest BCUT2D eigenvalue weighted by Crippen LogP contribution is -2.18. The molecule has 0 aliphatic rings. The lowest BCUT2D eigenvalue weighted by Gasteiger charge is -2.11. The molecule has 0 atom stereocenters. The fourth-order valence-corrected chi connectivity index (χ4v) is 4.00. The molecule has 0 aliphatic carbocycles.